The van der Waals surface area contributed by atoms with Gasteiger partial charge in [-0.1, -0.05) is 29.3 Å². The molecular formula is C24H26N2O5S. The summed E-state index contributed by atoms with van der Waals surface area (Å²) in [5.41, 5.74) is 3.30. The quantitative estimate of drug-likeness (QED) is 0.405. The topological polar surface area (TPSA) is 90.7 Å². The van der Waals surface area contributed by atoms with Gasteiger partial charge in [0.1, 0.15) is 23.1 Å². The van der Waals surface area contributed by atoms with E-state index in [0.717, 1.165) is 48.1 Å². The van der Waals surface area contributed by atoms with E-state index in [9.17, 15) is 9.59 Å². The third-order valence-electron chi connectivity index (χ3n) is 5.64. The first kappa shape index (κ1) is 22.1. The first-order chi connectivity index (χ1) is 15.5. The molecule has 0 spiro atoms. The summed E-state index contributed by atoms with van der Waals surface area (Å²) in [6, 6.07) is 7.66. The first-order valence-corrected chi connectivity index (χ1v) is 11.5. The summed E-state index contributed by atoms with van der Waals surface area (Å²) in [5, 5.41) is 7.33. The molecule has 0 radical (unpaired) electrons. The van der Waals surface area contributed by atoms with Crippen LogP contribution in [0.1, 0.15) is 67.4 Å². The number of methoxy groups -OCH3 is 1. The van der Waals surface area contributed by atoms with Gasteiger partial charge in [-0.3, -0.25) is 4.79 Å². The van der Waals surface area contributed by atoms with Crippen LogP contribution in [-0.4, -0.2) is 24.1 Å². The summed E-state index contributed by atoms with van der Waals surface area (Å²) >= 11 is 1.44. The van der Waals surface area contributed by atoms with Gasteiger partial charge in [-0.15, -0.1) is 11.3 Å². The molecule has 1 aliphatic rings. The molecule has 8 heteroatoms. The second-order valence-electron chi connectivity index (χ2n) is 7.88. The van der Waals surface area contributed by atoms with Gasteiger partial charge < -0.3 is 19.3 Å². The van der Waals surface area contributed by atoms with Crippen LogP contribution in [-0.2, 0) is 24.2 Å². The van der Waals surface area contributed by atoms with Crippen LogP contribution in [0.5, 0.6) is 5.75 Å². The van der Waals surface area contributed by atoms with Gasteiger partial charge in [0.05, 0.1) is 18.2 Å². The fourth-order valence-corrected chi connectivity index (χ4v) is 5.11. The molecule has 3 aromatic rings. The molecule has 1 N–H and O–H groups in total. The largest absolute Gasteiger partial charge is 0.489 e. The predicted octanol–water partition coefficient (Wildman–Crippen LogP) is 5.24. The lowest BCUT2D eigenvalue weighted by Crippen LogP contribution is -2.17. The van der Waals surface area contributed by atoms with Gasteiger partial charge in [0, 0.05) is 4.88 Å². The second kappa shape index (κ2) is 9.56. The van der Waals surface area contributed by atoms with Gasteiger partial charge in [-0.25, -0.2) is 4.79 Å². The van der Waals surface area contributed by atoms with Crippen molar-refractivity contribution in [3.63, 3.8) is 0 Å². The number of anilines is 1. The number of ether oxygens (including phenoxy) is 2. The van der Waals surface area contributed by atoms with Crippen molar-refractivity contribution in [2.75, 3.05) is 12.4 Å². The lowest BCUT2D eigenvalue weighted by atomic mass is 10.1. The van der Waals surface area contributed by atoms with E-state index in [2.05, 4.69) is 10.5 Å². The fraction of sp³-hybridized carbons (Fsp3) is 0.375. The van der Waals surface area contributed by atoms with Gasteiger partial charge in [0.2, 0.25) is 0 Å². The number of carbonyl (C=O) groups is 2. The standard InChI is InChI=1S/C24H26N2O5S/c1-14-9-11-16(12-10-14)30-13-18-15(2)31-26-21(18)22(27)25-23-20(24(28)29-3)17-7-5-4-6-8-19(17)32-23/h9-12H,4-8,13H2,1-3H3,(H,25,27). The Labute approximate surface area is 190 Å². The molecule has 0 fully saturated rings. The van der Waals surface area contributed by atoms with Crippen LogP contribution in [0.15, 0.2) is 28.8 Å². The molecule has 0 aliphatic heterocycles. The molecule has 4 rings (SSSR count). The maximum atomic E-state index is 13.1. The van der Waals surface area contributed by atoms with E-state index in [1.807, 2.05) is 31.2 Å². The van der Waals surface area contributed by atoms with E-state index in [0.29, 0.717) is 27.6 Å². The summed E-state index contributed by atoms with van der Waals surface area (Å²) in [6.45, 7) is 3.89. The molecule has 1 aromatic carbocycles. The van der Waals surface area contributed by atoms with Crippen LogP contribution in [0.25, 0.3) is 0 Å². The normalized spacial score (nSPS) is 13.2. The highest BCUT2D eigenvalue weighted by Crippen LogP contribution is 2.38. The average Bonchev–Trinajstić information content (AvgIpc) is 3.23. The molecule has 1 aliphatic carbocycles. The molecule has 0 atom stereocenters. The van der Waals surface area contributed by atoms with E-state index in [-0.39, 0.29) is 12.3 Å². The zero-order valence-electron chi connectivity index (χ0n) is 18.4. The summed E-state index contributed by atoms with van der Waals surface area (Å²) < 4.78 is 16.1. The molecule has 0 saturated carbocycles. The van der Waals surface area contributed by atoms with Crippen molar-refractivity contribution in [3.8, 4) is 5.75 Å². The SMILES string of the molecule is COC(=O)c1c(NC(=O)c2noc(C)c2COc2ccc(C)cc2)sc2c1CCCCC2. The van der Waals surface area contributed by atoms with Crippen molar-refractivity contribution in [1.29, 1.82) is 0 Å². The molecule has 168 valence electrons. The zero-order chi connectivity index (χ0) is 22.7. The van der Waals surface area contributed by atoms with Gasteiger partial charge in [-0.05, 0) is 57.2 Å². The number of hydrogen-bond acceptors (Lipinski definition) is 7. The van der Waals surface area contributed by atoms with Crippen molar-refractivity contribution in [3.05, 3.63) is 62.9 Å². The monoisotopic (exact) mass is 454 g/mol. The minimum absolute atomic E-state index is 0.145. The van der Waals surface area contributed by atoms with E-state index in [4.69, 9.17) is 14.0 Å². The Bertz CT molecular complexity index is 1130. The van der Waals surface area contributed by atoms with Crippen LogP contribution >= 0.6 is 11.3 Å². The number of thiophene rings is 1. The zero-order valence-corrected chi connectivity index (χ0v) is 19.3. The van der Waals surface area contributed by atoms with Gasteiger partial charge in [0.15, 0.2) is 5.69 Å². The maximum absolute atomic E-state index is 13.1. The predicted molar refractivity (Wildman–Crippen MR) is 122 cm³/mol. The minimum Gasteiger partial charge on any atom is -0.489 e. The number of aromatic nitrogens is 1. The average molecular weight is 455 g/mol. The number of amides is 1. The first-order valence-electron chi connectivity index (χ1n) is 10.7. The Kier molecular flexibility index (Phi) is 6.60. The lowest BCUT2D eigenvalue weighted by molar-refractivity contribution is 0.0601. The van der Waals surface area contributed by atoms with E-state index in [1.165, 1.54) is 18.4 Å². The molecule has 0 bridgehead atoms. The van der Waals surface area contributed by atoms with Gasteiger partial charge in [-0.2, -0.15) is 0 Å². The molecule has 2 aromatic heterocycles. The third kappa shape index (κ3) is 4.55. The molecule has 0 saturated heterocycles. The number of carbonyl (C=O) groups excluding carboxylic acids is 2. The van der Waals surface area contributed by atoms with E-state index >= 15 is 0 Å². The minimum atomic E-state index is -0.439. The van der Waals surface area contributed by atoms with Crippen LogP contribution in [0.2, 0.25) is 0 Å². The second-order valence-corrected chi connectivity index (χ2v) is 8.99. The summed E-state index contributed by atoms with van der Waals surface area (Å²) in [4.78, 5) is 26.8. The third-order valence-corrected chi connectivity index (χ3v) is 6.85. The van der Waals surface area contributed by atoms with E-state index in [1.54, 1.807) is 6.92 Å². The molecular weight excluding hydrogens is 428 g/mol. The number of hydrogen-bond donors (Lipinski definition) is 1. The highest BCUT2D eigenvalue weighted by atomic mass is 32.1. The van der Waals surface area contributed by atoms with Crippen LogP contribution < -0.4 is 10.1 Å². The Hall–Kier alpha value is -3.13. The van der Waals surface area contributed by atoms with Crippen molar-refractivity contribution >= 4 is 28.2 Å². The number of benzene rings is 1. The molecule has 32 heavy (non-hydrogen) atoms. The van der Waals surface area contributed by atoms with Crippen molar-refractivity contribution in [2.45, 2.75) is 52.6 Å². The number of fused-ring (bicyclic) bond motifs is 1. The summed E-state index contributed by atoms with van der Waals surface area (Å²) in [6.07, 6.45) is 4.93. The lowest BCUT2D eigenvalue weighted by Gasteiger charge is -2.08. The Balaban J connectivity index is 1.57. The van der Waals surface area contributed by atoms with Crippen LogP contribution in [0.3, 0.4) is 0 Å². The van der Waals surface area contributed by atoms with Crippen LogP contribution in [0.4, 0.5) is 5.00 Å². The van der Waals surface area contributed by atoms with Gasteiger partial charge in [0.25, 0.3) is 5.91 Å². The highest BCUT2D eigenvalue weighted by molar-refractivity contribution is 7.17. The van der Waals surface area contributed by atoms with Crippen molar-refractivity contribution in [2.24, 2.45) is 0 Å². The molecule has 1 amide bonds. The summed E-state index contributed by atoms with van der Waals surface area (Å²) in [5.74, 6) is 0.333. The van der Waals surface area contributed by atoms with Gasteiger partial charge >= 0.3 is 5.97 Å². The fourth-order valence-electron chi connectivity index (χ4n) is 3.84. The van der Waals surface area contributed by atoms with Crippen LogP contribution in [0, 0.1) is 13.8 Å². The highest BCUT2D eigenvalue weighted by Gasteiger charge is 2.28. The smallest absolute Gasteiger partial charge is 0.341 e. The Morgan fingerprint density at radius 3 is 2.62 bits per heavy atom. The molecule has 7 nitrogen and oxygen atoms in total. The molecule has 2 heterocycles. The number of esters is 1. The summed E-state index contributed by atoms with van der Waals surface area (Å²) in [7, 11) is 1.36. The number of nitrogens with one attached hydrogen (secondary N) is 1. The maximum Gasteiger partial charge on any atom is 0.341 e. The van der Waals surface area contributed by atoms with E-state index < -0.39 is 11.9 Å². The van der Waals surface area contributed by atoms with Crippen molar-refractivity contribution < 1.29 is 23.6 Å². The number of nitrogens with zero attached hydrogens (tertiary/aromatic N) is 1. The molecule has 0 unspecified atom stereocenters. The number of rotatable bonds is 6. The Morgan fingerprint density at radius 2 is 1.88 bits per heavy atom. The number of aryl methyl sites for hydroxylation is 3. The van der Waals surface area contributed by atoms with Crippen molar-refractivity contribution in [1.82, 2.24) is 5.16 Å². The Morgan fingerprint density at radius 1 is 1.12 bits per heavy atom.